The largest absolute Gasteiger partial charge is 0.294 e. The third kappa shape index (κ3) is 2.23. The predicted molar refractivity (Wildman–Crippen MR) is 63.6 cm³/mol. The molecule has 0 radical (unpaired) electrons. The van der Waals surface area contributed by atoms with Crippen molar-refractivity contribution in [2.45, 2.75) is 18.7 Å². The van der Waals surface area contributed by atoms with E-state index in [4.69, 9.17) is 0 Å². The molecule has 0 aliphatic heterocycles. The van der Waals surface area contributed by atoms with Crippen LogP contribution in [0.25, 0.3) is 6.08 Å². The van der Waals surface area contributed by atoms with Crippen molar-refractivity contribution in [1.82, 2.24) is 0 Å². The number of benzene rings is 1. The summed E-state index contributed by atoms with van der Waals surface area (Å²) in [7, 11) is -1.14. The Kier molecular flexibility index (Phi) is 3.58. The Bertz CT molecular complexity index is 447. The normalized spacial score (nSPS) is 12.2. The number of carbonyl (C=O) groups excluding carboxylic acids is 1. The first kappa shape index (κ1) is 11.9. The summed E-state index contributed by atoms with van der Waals surface area (Å²) >= 11 is 0. The van der Waals surface area contributed by atoms with Crippen LogP contribution in [-0.4, -0.2) is 16.2 Å². The Balaban J connectivity index is 3.58. The molecule has 0 aromatic heterocycles. The summed E-state index contributed by atoms with van der Waals surface area (Å²) < 4.78 is 11.5. The zero-order chi connectivity index (χ0) is 11.6. The number of ketones is 1. The molecule has 0 bridgehead atoms. The van der Waals surface area contributed by atoms with E-state index in [2.05, 4.69) is 6.58 Å². The second kappa shape index (κ2) is 4.53. The molecule has 15 heavy (non-hydrogen) atoms. The lowest BCUT2D eigenvalue weighted by Crippen LogP contribution is -2.05. The summed E-state index contributed by atoms with van der Waals surface area (Å²) in [6.07, 6.45) is 3.28. The Morgan fingerprint density at radius 3 is 2.47 bits per heavy atom. The molecule has 0 amide bonds. The van der Waals surface area contributed by atoms with E-state index in [0.717, 1.165) is 11.1 Å². The maximum absolute atomic E-state index is 11.5. The molecule has 0 saturated heterocycles. The fraction of sp³-hybridized carbons (Fsp3) is 0.250. The van der Waals surface area contributed by atoms with Crippen molar-refractivity contribution in [3.63, 3.8) is 0 Å². The standard InChI is InChI=1S/C12H14O2S/c1-5-10-6-7-11(15(4)14)12(8(10)2)9(3)13/h5-7H,1H2,2-4H3. The van der Waals surface area contributed by atoms with Crippen molar-refractivity contribution >= 4 is 22.7 Å². The molecule has 1 rings (SSSR count). The molecule has 3 heteroatoms. The molecule has 0 spiro atoms. The topological polar surface area (TPSA) is 34.1 Å². The molecule has 1 atom stereocenters. The first-order chi connectivity index (χ1) is 6.99. The fourth-order valence-corrected chi connectivity index (χ4v) is 2.45. The molecular formula is C12H14O2S. The second-order valence-electron chi connectivity index (χ2n) is 3.37. The van der Waals surface area contributed by atoms with Crippen molar-refractivity contribution in [2.75, 3.05) is 6.26 Å². The van der Waals surface area contributed by atoms with Gasteiger partial charge in [0.25, 0.3) is 0 Å². The third-order valence-corrected chi connectivity index (χ3v) is 3.31. The summed E-state index contributed by atoms with van der Waals surface area (Å²) in [6, 6.07) is 3.57. The molecule has 0 fully saturated rings. The van der Waals surface area contributed by atoms with Gasteiger partial charge in [-0.2, -0.15) is 0 Å². The van der Waals surface area contributed by atoms with Gasteiger partial charge in [0.05, 0.1) is 10.8 Å². The maximum atomic E-state index is 11.5. The zero-order valence-corrected chi connectivity index (χ0v) is 9.98. The van der Waals surface area contributed by atoms with Gasteiger partial charge in [-0.1, -0.05) is 18.7 Å². The summed E-state index contributed by atoms with van der Waals surface area (Å²) in [5, 5.41) is 0. The van der Waals surface area contributed by atoms with E-state index in [-0.39, 0.29) is 5.78 Å². The smallest absolute Gasteiger partial charge is 0.161 e. The SMILES string of the molecule is C=Cc1ccc(S(C)=O)c(C(C)=O)c1C. The molecule has 1 aromatic rings. The Labute approximate surface area is 92.5 Å². The van der Waals surface area contributed by atoms with E-state index in [9.17, 15) is 9.00 Å². The first-order valence-corrected chi connectivity index (χ1v) is 6.15. The number of carbonyl (C=O) groups is 1. The Morgan fingerprint density at radius 1 is 1.47 bits per heavy atom. The molecule has 1 aromatic carbocycles. The van der Waals surface area contributed by atoms with Crippen LogP contribution in [0.1, 0.15) is 28.4 Å². The van der Waals surface area contributed by atoms with Crippen molar-refractivity contribution in [3.8, 4) is 0 Å². The molecule has 0 heterocycles. The van der Waals surface area contributed by atoms with Crippen LogP contribution in [0.5, 0.6) is 0 Å². The number of hydrogen-bond acceptors (Lipinski definition) is 2. The monoisotopic (exact) mass is 222 g/mol. The Morgan fingerprint density at radius 2 is 2.07 bits per heavy atom. The fourth-order valence-electron chi connectivity index (χ4n) is 1.60. The summed E-state index contributed by atoms with van der Waals surface area (Å²) in [5.74, 6) is -0.0543. The van der Waals surface area contributed by atoms with Crippen molar-refractivity contribution in [2.24, 2.45) is 0 Å². The van der Waals surface area contributed by atoms with E-state index < -0.39 is 10.8 Å². The van der Waals surface area contributed by atoms with Gasteiger partial charge in [0.1, 0.15) is 0 Å². The van der Waals surface area contributed by atoms with Crippen LogP contribution in [0.2, 0.25) is 0 Å². The van der Waals surface area contributed by atoms with E-state index in [0.29, 0.717) is 10.5 Å². The highest BCUT2D eigenvalue weighted by atomic mass is 32.2. The highest BCUT2D eigenvalue weighted by Gasteiger charge is 2.14. The molecule has 0 aliphatic carbocycles. The molecule has 0 saturated carbocycles. The van der Waals surface area contributed by atoms with Crippen LogP contribution in [0.15, 0.2) is 23.6 Å². The van der Waals surface area contributed by atoms with E-state index in [1.54, 1.807) is 18.4 Å². The van der Waals surface area contributed by atoms with Crippen LogP contribution < -0.4 is 0 Å². The molecule has 2 nitrogen and oxygen atoms in total. The Hall–Kier alpha value is -1.22. The summed E-state index contributed by atoms with van der Waals surface area (Å²) in [6.45, 7) is 7.02. The zero-order valence-electron chi connectivity index (χ0n) is 9.16. The van der Waals surface area contributed by atoms with E-state index in [1.807, 2.05) is 13.0 Å². The minimum Gasteiger partial charge on any atom is -0.294 e. The minimum absolute atomic E-state index is 0.0543. The molecule has 0 N–H and O–H groups in total. The van der Waals surface area contributed by atoms with Gasteiger partial charge < -0.3 is 0 Å². The lowest BCUT2D eigenvalue weighted by atomic mass is 10.00. The highest BCUT2D eigenvalue weighted by molar-refractivity contribution is 7.84. The summed E-state index contributed by atoms with van der Waals surface area (Å²) in [4.78, 5) is 12.1. The molecule has 80 valence electrons. The average Bonchev–Trinajstić information content (AvgIpc) is 2.16. The second-order valence-corrected chi connectivity index (χ2v) is 4.72. The van der Waals surface area contributed by atoms with Gasteiger partial charge in [-0.15, -0.1) is 0 Å². The van der Waals surface area contributed by atoms with Crippen LogP contribution in [0, 0.1) is 6.92 Å². The van der Waals surface area contributed by atoms with Crippen LogP contribution in [0.3, 0.4) is 0 Å². The number of Topliss-reactive ketones (excluding diaryl/α,β-unsaturated/α-hetero) is 1. The van der Waals surface area contributed by atoms with Crippen LogP contribution in [0.4, 0.5) is 0 Å². The van der Waals surface area contributed by atoms with Crippen molar-refractivity contribution < 1.29 is 9.00 Å². The van der Waals surface area contributed by atoms with Crippen LogP contribution in [-0.2, 0) is 10.8 Å². The third-order valence-electron chi connectivity index (χ3n) is 2.35. The average molecular weight is 222 g/mol. The number of hydrogen-bond donors (Lipinski definition) is 0. The quantitative estimate of drug-likeness (QED) is 0.737. The lowest BCUT2D eigenvalue weighted by Gasteiger charge is -2.10. The lowest BCUT2D eigenvalue weighted by molar-refractivity contribution is 0.101. The van der Waals surface area contributed by atoms with Gasteiger partial charge in [-0.25, -0.2) is 0 Å². The van der Waals surface area contributed by atoms with E-state index >= 15 is 0 Å². The van der Waals surface area contributed by atoms with Crippen molar-refractivity contribution in [1.29, 1.82) is 0 Å². The molecule has 0 aliphatic rings. The van der Waals surface area contributed by atoms with Crippen molar-refractivity contribution in [3.05, 3.63) is 35.4 Å². The number of rotatable bonds is 3. The van der Waals surface area contributed by atoms with E-state index in [1.165, 1.54) is 6.92 Å². The van der Waals surface area contributed by atoms with Gasteiger partial charge in [-0.05, 0) is 31.0 Å². The van der Waals surface area contributed by atoms with Gasteiger partial charge in [-0.3, -0.25) is 9.00 Å². The van der Waals surface area contributed by atoms with Gasteiger partial charge in [0.2, 0.25) is 0 Å². The minimum atomic E-state index is -1.14. The predicted octanol–water partition coefficient (Wildman–Crippen LogP) is 2.58. The molecule has 1 unspecified atom stereocenters. The van der Waals surface area contributed by atoms with Gasteiger partial charge in [0, 0.05) is 16.7 Å². The summed E-state index contributed by atoms with van der Waals surface area (Å²) in [5.41, 5.74) is 2.33. The highest BCUT2D eigenvalue weighted by Crippen LogP contribution is 2.22. The maximum Gasteiger partial charge on any atom is 0.161 e. The van der Waals surface area contributed by atoms with Gasteiger partial charge >= 0.3 is 0 Å². The first-order valence-electron chi connectivity index (χ1n) is 4.59. The van der Waals surface area contributed by atoms with Gasteiger partial charge in [0.15, 0.2) is 5.78 Å². The molecular weight excluding hydrogens is 208 g/mol. The van der Waals surface area contributed by atoms with Crippen LogP contribution >= 0.6 is 0 Å².